The van der Waals surface area contributed by atoms with Gasteiger partial charge >= 0.3 is 5.97 Å². The average Bonchev–Trinajstić information content (AvgIpc) is 2.72. The van der Waals surface area contributed by atoms with E-state index in [-0.39, 0.29) is 17.9 Å². The summed E-state index contributed by atoms with van der Waals surface area (Å²) in [5, 5.41) is 14.3. The molecule has 0 fully saturated rings. The first-order valence-electron chi connectivity index (χ1n) is 6.30. The molecule has 5 nitrogen and oxygen atoms in total. The van der Waals surface area contributed by atoms with Gasteiger partial charge in [-0.1, -0.05) is 30.1 Å². The van der Waals surface area contributed by atoms with E-state index in [4.69, 9.17) is 33.0 Å². The van der Waals surface area contributed by atoms with Crippen molar-refractivity contribution < 1.29 is 14.6 Å². The Hall–Kier alpha value is -1.72. The highest BCUT2D eigenvalue weighted by molar-refractivity contribution is 6.32. The first-order chi connectivity index (χ1) is 9.93. The summed E-state index contributed by atoms with van der Waals surface area (Å²) in [7, 11) is 1.77. The van der Waals surface area contributed by atoms with Crippen LogP contribution in [0.4, 0.5) is 0 Å². The highest BCUT2D eigenvalue weighted by Crippen LogP contribution is 2.26. The predicted octanol–water partition coefficient (Wildman–Crippen LogP) is 3.57. The fraction of sp³-hybridized carbons (Fsp3) is 0.286. The van der Waals surface area contributed by atoms with Gasteiger partial charge in [-0.15, -0.1) is 0 Å². The minimum Gasteiger partial charge on any atom is -0.486 e. The van der Waals surface area contributed by atoms with Crippen molar-refractivity contribution in [2.45, 2.75) is 20.0 Å². The fourth-order valence-electron chi connectivity index (χ4n) is 1.92. The van der Waals surface area contributed by atoms with Crippen LogP contribution in [0.3, 0.4) is 0 Å². The molecule has 0 atom stereocenters. The van der Waals surface area contributed by atoms with Crippen molar-refractivity contribution in [1.82, 2.24) is 9.78 Å². The smallest absolute Gasteiger partial charge is 0.339 e. The van der Waals surface area contributed by atoms with E-state index in [1.165, 1.54) is 12.1 Å². The van der Waals surface area contributed by atoms with Crippen LogP contribution in [0.2, 0.25) is 10.0 Å². The predicted molar refractivity (Wildman–Crippen MR) is 80.3 cm³/mol. The monoisotopic (exact) mass is 328 g/mol. The van der Waals surface area contributed by atoms with Crippen LogP contribution in [-0.4, -0.2) is 20.9 Å². The Morgan fingerprint density at radius 3 is 2.71 bits per heavy atom. The fourth-order valence-corrected chi connectivity index (χ4v) is 2.44. The third-order valence-corrected chi connectivity index (χ3v) is 3.71. The van der Waals surface area contributed by atoms with Crippen LogP contribution in [0.1, 0.15) is 28.7 Å². The maximum absolute atomic E-state index is 11.2. The molecule has 0 spiro atoms. The standard InChI is InChI=1S/C14H14Cl2N2O3/c1-3-10-13(16)11(18(2)17-10)7-21-12-5-4-8(15)6-9(12)14(19)20/h4-6H,3,7H2,1-2H3,(H,19,20). The maximum Gasteiger partial charge on any atom is 0.339 e. The molecular weight excluding hydrogens is 315 g/mol. The Labute approximate surface area is 132 Å². The summed E-state index contributed by atoms with van der Waals surface area (Å²) in [6, 6.07) is 4.45. The molecule has 0 unspecified atom stereocenters. The number of halogens is 2. The Bertz CT molecular complexity index is 683. The number of carboxylic acid groups (broad SMARTS) is 1. The molecule has 1 aromatic heterocycles. The van der Waals surface area contributed by atoms with E-state index in [0.717, 1.165) is 5.69 Å². The van der Waals surface area contributed by atoms with Crippen molar-refractivity contribution in [3.8, 4) is 5.75 Å². The molecule has 1 heterocycles. The second-order valence-corrected chi connectivity index (χ2v) is 5.23. The highest BCUT2D eigenvalue weighted by atomic mass is 35.5. The molecule has 7 heteroatoms. The van der Waals surface area contributed by atoms with E-state index in [2.05, 4.69) is 5.10 Å². The number of carboxylic acids is 1. The SMILES string of the molecule is CCc1nn(C)c(COc2ccc(Cl)cc2C(=O)O)c1Cl. The zero-order valence-electron chi connectivity index (χ0n) is 11.6. The first-order valence-corrected chi connectivity index (χ1v) is 7.05. The van der Waals surface area contributed by atoms with Crippen LogP contribution >= 0.6 is 23.2 Å². The number of hydrogen-bond donors (Lipinski definition) is 1. The van der Waals surface area contributed by atoms with Crippen molar-refractivity contribution in [2.24, 2.45) is 7.05 Å². The lowest BCUT2D eigenvalue weighted by Gasteiger charge is -2.10. The molecule has 1 aromatic carbocycles. The lowest BCUT2D eigenvalue weighted by atomic mass is 10.2. The molecule has 0 radical (unpaired) electrons. The summed E-state index contributed by atoms with van der Waals surface area (Å²) in [6.45, 7) is 2.09. The lowest BCUT2D eigenvalue weighted by Crippen LogP contribution is -2.07. The number of benzene rings is 1. The van der Waals surface area contributed by atoms with E-state index in [0.29, 0.717) is 22.2 Å². The number of nitrogens with zero attached hydrogens (tertiary/aromatic N) is 2. The van der Waals surface area contributed by atoms with Crippen molar-refractivity contribution >= 4 is 29.2 Å². The molecule has 0 bridgehead atoms. The van der Waals surface area contributed by atoms with Gasteiger partial charge in [0.25, 0.3) is 0 Å². The lowest BCUT2D eigenvalue weighted by molar-refractivity contribution is 0.0691. The van der Waals surface area contributed by atoms with Gasteiger partial charge in [0.1, 0.15) is 17.9 Å². The summed E-state index contributed by atoms with van der Waals surface area (Å²) in [6.07, 6.45) is 0.716. The largest absolute Gasteiger partial charge is 0.486 e. The molecule has 1 N–H and O–H groups in total. The molecule has 2 aromatic rings. The normalized spacial score (nSPS) is 10.7. The quantitative estimate of drug-likeness (QED) is 0.911. The number of ether oxygens (including phenoxy) is 1. The maximum atomic E-state index is 11.2. The molecule has 112 valence electrons. The van der Waals surface area contributed by atoms with Crippen LogP contribution in [0.15, 0.2) is 18.2 Å². The summed E-state index contributed by atoms with van der Waals surface area (Å²) in [4.78, 5) is 11.2. The molecule has 2 rings (SSSR count). The third kappa shape index (κ3) is 3.31. The van der Waals surface area contributed by atoms with Gasteiger partial charge in [-0.25, -0.2) is 4.79 Å². The number of aromatic carboxylic acids is 1. The summed E-state index contributed by atoms with van der Waals surface area (Å²) in [5.74, 6) is -0.861. The third-order valence-electron chi connectivity index (χ3n) is 3.04. The van der Waals surface area contributed by atoms with Crippen molar-refractivity contribution in [1.29, 1.82) is 0 Å². The molecule has 21 heavy (non-hydrogen) atoms. The van der Waals surface area contributed by atoms with Gasteiger partial charge in [0.2, 0.25) is 0 Å². The van der Waals surface area contributed by atoms with Crippen LogP contribution in [0.25, 0.3) is 0 Å². The molecule has 0 aliphatic rings. The van der Waals surface area contributed by atoms with E-state index in [1.807, 2.05) is 6.92 Å². The Kier molecular flexibility index (Phi) is 4.75. The molecule has 0 amide bonds. The topological polar surface area (TPSA) is 64.4 Å². The van der Waals surface area contributed by atoms with Gasteiger partial charge in [0.15, 0.2) is 0 Å². The highest BCUT2D eigenvalue weighted by Gasteiger charge is 2.16. The van der Waals surface area contributed by atoms with Crippen LogP contribution in [0, 0.1) is 0 Å². The number of aryl methyl sites for hydroxylation is 2. The first kappa shape index (κ1) is 15.7. The Balaban J connectivity index is 2.25. The number of hydrogen-bond acceptors (Lipinski definition) is 3. The number of rotatable bonds is 5. The number of carbonyl (C=O) groups is 1. The number of aromatic nitrogens is 2. The van der Waals surface area contributed by atoms with Gasteiger partial charge in [-0.3, -0.25) is 4.68 Å². The summed E-state index contributed by atoms with van der Waals surface area (Å²) >= 11 is 12.0. The van der Waals surface area contributed by atoms with E-state index >= 15 is 0 Å². The van der Waals surface area contributed by atoms with E-state index < -0.39 is 5.97 Å². The van der Waals surface area contributed by atoms with Gasteiger partial charge < -0.3 is 9.84 Å². The molecule has 0 saturated carbocycles. The van der Waals surface area contributed by atoms with Crippen LogP contribution < -0.4 is 4.74 Å². The van der Waals surface area contributed by atoms with E-state index in [1.54, 1.807) is 17.8 Å². The molecular formula is C14H14Cl2N2O3. The van der Waals surface area contributed by atoms with Gasteiger partial charge in [-0.05, 0) is 24.6 Å². The van der Waals surface area contributed by atoms with Crippen molar-refractivity contribution in [3.05, 3.63) is 45.2 Å². The minimum absolute atomic E-state index is 0.0107. The van der Waals surface area contributed by atoms with Crippen LogP contribution in [-0.2, 0) is 20.1 Å². The Morgan fingerprint density at radius 1 is 1.43 bits per heavy atom. The second-order valence-electron chi connectivity index (χ2n) is 4.42. The zero-order chi connectivity index (χ0) is 15.6. The van der Waals surface area contributed by atoms with Gasteiger partial charge in [0.05, 0.1) is 16.4 Å². The molecule has 0 aliphatic heterocycles. The van der Waals surface area contributed by atoms with Crippen LogP contribution in [0.5, 0.6) is 5.75 Å². The second kappa shape index (κ2) is 6.37. The average molecular weight is 329 g/mol. The summed E-state index contributed by atoms with van der Waals surface area (Å²) in [5.41, 5.74) is 1.49. The van der Waals surface area contributed by atoms with Crippen molar-refractivity contribution in [2.75, 3.05) is 0 Å². The van der Waals surface area contributed by atoms with E-state index in [9.17, 15) is 4.79 Å². The molecule has 0 aliphatic carbocycles. The van der Waals surface area contributed by atoms with Gasteiger partial charge in [-0.2, -0.15) is 5.10 Å². The Morgan fingerprint density at radius 2 is 2.14 bits per heavy atom. The minimum atomic E-state index is -1.10. The summed E-state index contributed by atoms with van der Waals surface area (Å²) < 4.78 is 7.21. The van der Waals surface area contributed by atoms with Crippen molar-refractivity contribution in [3.63, 3.8) is 0 Å². The zero-order valence-corrected chi connectivity index (χ0v) is 13.1. The van der Waals surface area contributed by atoms with Gasteiger partial charge in [0, 0.05) is 12.1 Å². The molecule has 0 saturated heterocycles.